The number of nitrogens with one attached hydrogen (secondary N) is 1. The van der Waals surface area contributed by atoms with Gasteiger partial charge < -0.3 is 45.1 Å². The van der Waals surface area contributed by atoms with Gasteiger partial charge in [-0.3, -0.25) is 9.59 Å². The average Bonchev–Trinajstić information content (AvgIpc) is 1.04. The van der Waals surface area contributed by atoms with E-state index in [-0.39, 0.29) is 18.5 Å². The molecule has 0 saturated carbocycles. The van der Waals surface area contributed by atoms with Gasteiger partial charge in [0.05, 0.1) is 32.0 Å². The first-order valence-electron chi connectivity index (χ1n) is 40.2. The lowest BCUT2D eigenvalue weighted by molar-refractivity contribution is -0.302. The third kappa shape index (κ3) is 59.2. The third-order valence-corrected chi connectivity index (χ3v) is 18.7. The second-order valence-corrected chi connectivity index (χ2v) is 27.7. The van der Waals surface area contributed by atoms with Gasteiger partial charge in [0.1, 0.15) is 24.4 Å². The third-order valence-electron chi connectivity index (χ3n) is 18.7. The van der Waals surface area contributed by atoms with Gasteiger partial charge in [-0.15, -0.1) is 0 Å². The van der Waals surface area contributed by atoms with Gasteiger partial charge in [-0.1, -0.05) is 331 Å². The Bertz CT molecular complexity index is 1790. The molecule has 1 aliphatic rings. The zero-order valence-electron chi connectivity index (χ0n) is 61.2. The molecule has 0 aromatic carbocycles. The minimum atomic E-state index is -1.58. The lowest BCUT2D eigenvalue weighted by atomic mass is 9.99. The number of esters is 1. The fourth-order valence-corrected chi connectivity index (χ4v) is 12.4. The van der Waals surface area contributed by atoms with E-state index in [4.69, 9.17) is 14.2 Å². The van der Waals surface area contributed by atoms with Crippen LogP contribution in [0.25, 0.3) is 0 Å². The molecule has 1 saturated heterocycles. The predicted molar refractivity (Wildman–Crippen MR) is 398 cm³/mol. The summed E-state index contributed by atoms with van der Waals surface area (Å²) in [6, 6.07) is -0.833. The van der Waals surface area contributed by atoms with E-state index < -0.39 is 49.5 Å². The van der Waals surface area contributed by atoms with E-state index in [1.54, 1.807) is 6.08 Å². The molecular formula is C83H151NO10. The molecule has 548 valence electrons. The van der Waals surface area contributed by atoms with Crippen LogP contribution in [0.5, 0.6) is 0 Å². The average molecular weight is 1320 g/mol. The Hall–Kier alpha value is -2.90. The Balaban J connectivity index is 1.88. The molecule has 1 heterocycles. The monoisotopic (exact) mass is 1320 g/mol. The van der Waals surface area contributed by atoms with Gasteiger partial charge >= 0.3 is 5.97 Å². The highest BCUT2D eigenvalue weighted by Gasteiger charge is 2.44. The van der Waals surface area contributed by atoms with Crippen molar-refractivity contribution in [3.63, 3.8) is 0 Å². The van der Waals surface area contributed by atoms with E-state index in [0.717, 1.165) is 83.5 Å². The quantitative estimate of drug-likeness (QED) is 0.0195. The number of allylic oxidation sites excluding steroid dienone is 11. The standard InChI is InChI=1S/C83H151NO10/c1-3-5-7-9-11-13-15-16-17-44-47-51-55-59-63-67-71-79(88)92-72-68-64-60-56-52-48-45-42-40-38-36-34-32-30-28-26-24-22-20-18-19-21-23-25-27-29-31-33-35-37-39-41-43-46-50-54-58-62-66-70-78(87)84-75(74-93-83-82(91)81(90)80(89)77(73-85)94-83)76(86)69-65-61-57-53-49-14-12-10-8-6-4-2/h8,10,17-19,22,24,44,49,53,65,69,75-77,80-83,85-86,89-91H,3-7,9,11-16,20-21,23,25-43,45-48,50-52,54-64,66-68,70-74H2,1-2H3,(H,84,87)/b10-8+,19-18-,24-22-,44-17-,53-49+,69-65+. The van der Waals surface area contributed by atoms with Gasteiger partial charge in [0.25, 0.3) is 0 Å². The molecule has 11 heteroatoms. The van der Waals surface area contributed by atoms with E-state index in [2.05, 4.69) is 79.9 Å². The number of hydrogen-bond donors (Lipinski definition) is 6. The maximum Gasteiger partial charge on any atom is 0.305 e. The predicted octanol–water partition coefficient (Wildman–Crippen LogP) is 21.8. The topological polar surface area (TPSA) is 175 Å². The summed E-state index contributed by atoms with van der Waals surface area (Å²) >= 11 is 0. The number of aliphatic hydroxyl groups excluding tert-OH is 5. The second kappa shape index (κ2) is 71.4. The fraction of sp³-hybridized carbons (Fsp3) is 0.831. The van der Waals surface area contributed by atoms with Gasteiger partial charge in [0.2, 0.25) is 5.91 Å². The molecule has 0 spiro atoms. The Kier molecular flexibility index (Phi) is 67.7. The molecule has 94 heavy (non-hydrogen) atoms. The minimum Gasteiger partial charge on any atom is -0.466 e. The number of amides is 1. The van der Waals surface area contributed by atoms with Crippen LogP contribution in [-0.2, 0) is 23.8 Å². The van der Waals surface area contributed by atoms with Crippen LogP contribution in [0.4, 0.5) is 0 Å². The lowest BCUT2D eigenvalue weighted by Gasteiger charge is -2.40. The van der Waals surface area contributed by atoms with Crippen LogP contribution in [0.3, 0.4) is 0 Å². The number of unbranched alkanes of at least 4 members (excludes halogenated alkanes) is 47. The van der Waals surface area contributed by atoms with Gasteiger partial charge in [-0.25, -0.2) is 0 Å². The van der Waals surface area contributed by atoms with E-state index in [9.17, 15) is 35.1 Å². The molecule has 0 radical (unpaired) electrons. The molecule has 1 fully saturated rings. The molecule has 0 aliphatic carbocycles. The highest BCUT2D eigenvalue weighted by Crippen LogP contribution is 2.24. The zero-order valence-corrected chi connectivity index (χ0v) is 61.2. The van der Waals surface area contributed by atoms with Crippen molar-refractivity contribution in [2.45, 2.75) is 423 Å². The number of hydrogen-bond acceptors (Lipinski definition) is 10. The molecule has 6 N–H and O–H groups in total. The molecule has 1 rings (SSSR count). The maximum absolute atomic E-state index is 13.0. The van der Waals surface area contributed by atoms with Crippen LogP contribution in [0.1, 0.15) is 380 Å². The van der Waals surface area contributed by atoms with Crippen molar-refractivity contribution >= 4 is 11.9 Å². The molecular weight excluding hydrogens is 1170 g/mol. The van der Waals surface area contributed by atoms with Crippen molar-refractivity contribution < 1.29 is 49.3 Å². The van der Waals surface area contributed by atoms with E-state index >= 15 is 0 Å². The first kappa shape index (κ1) is 89.1. The summed E-state index contributed by atoms with van der Waals surface area (Å²) in [4.78, 5) is 25.2. The second-order valence-electron chi connectivity index (χ2n) is 27.7. The van der Waals surface area contributed by atoms with Crippen LogP contribution in [0.2, 0.25) is 0 Å². The first-order chi connectivity index (χ1) is 46.2. The molecule has 7 atom stereocenters. The summed E-state index contributed by atoms with van der Waals surface area (Å²) in [5.41, 5.74) is 0. The van der Waals surface area contributed by atoms with Crippen molar-refractivity contribution in [2.75, 3.05) is 19.8 Å². The molecule has 0 aromatic heterocycles. The summed E-state index contributed by atoms with van der Waals surface area (Å²) in [7, 11) is 0. The largest absolute Gasteiger partial charge is 0.466 e. The molecule has 11 nitrogen and oxygen atoms in total. The minimum absolute atomic E-state index is 0.00698. The smallest absolute Gasteiger partial charge is 0.305 e. The van der Waals surface area contributed by atoms with Crippen LogP contribution in [0, 0.1) is 0 Å². The van der Waals surface area contributed by atoms with Crippen molar-refractivity contribution in [1.82, 2.24) is 5.32 Å². The molecule has 0 bridgehead atoms. The summed E-state index contributed by atoms with van der Waals surface area (Å²) in [6.45, 7) is 4.28. The van der Waals surface area contributed by atoms with Crippen molar-refractivity contribution in [2.24, 2.45) is 0 Å². The number of carbonyl (C=O) groups excluding carboxylic acids is 2. The highest BCUT2D eigenvalue weighted by molar-refractivity contribution is 5.76. The number of aliphatic hydroxyl groups is 5. The van der Waals surface area contributed by atoms with Crippen LogP contribution < -0.4 is 5.32 Å². The normalized spacial score (nSPS) is 17.8. The van der Waals surface area contributed by atoms with Gasteiger partial charge in [0.15, 0.2) is 6.29 Å². The molecule has 7 unspecified atom stereocenters. The zero-order chi connectivity index (χ0) is 67.9. The Morgan fingerprint density at radius 1 is 0.394 bits per heavy atom. The Labute approximate surface area is 579 Å². The van der Waals surface area contributed by atoms with E-state index in [0.29, 0.717) is 19.4 Å². The van der Waals surface area contributed by atoms with Crippen LogP contribution >= 0.6 is 0 Å². The van der Waals surface area contributed by atoms with Crippen molar-refractivity contribution in [3.8, 4) is 0 Å². The fourth-order valence-electron chi connectivity index (χ4n) is 12.4. The van der Waals surface area contributed by atoms with E-state index in [1.165, 1.54) is 270 Å². The summed E-state index contributed by atoms with van der Waals surface area (Å²) < 4.78 is 16.7. The highest BCUT2D eigenvalue weighted by atomic mass is 16.7. The lowest BCUT2D eigenvalue weighted by Crippen LogP contribution is -2.60. The Morgan fingerprint density at radius 3 is 1.16 bits per heavy atom. The van der Waals surface area contributed by atoms with Gasteiger partial charge in [-0.05, 0) is 109 Å². The van der Waals surface area contributed by atoms with E-state index in [1.807, 2.05) is 6.08 Å². The number of rotatable bonds is 71. The van der Waals surface area contributed by atoms with Gasteiger partial charge in [-0.2, -0.15) is 0 Å². The number of ether oxygens (including phenoxy) is 3. The molecule has 0 aromatic rings. The van der Waals surface area contributed by atoms with Crippen LogP contribution in [0.15, 0.2) is 72.9 Å². The van der Waals surface area contributed by atoms with Crippen molar-refractivity contribution in [1.29, 1.82) is 0 Å². The Morgan fingerprint density at radius 2 is 0.745 bits per heavy atom. The SMILES string of the molecule is CCC/C=C/CC/C=C/CC/C=C/C(O)C(COC1OC(CO)C(O)C(O)C1O)NC(=O)CCCCCCCCCCCCCCCCCCC/C=C\C/C=C\CCCCCCCCCCCCCCCCCOC(=O)CCCCCCC/C=C\CCCCCCCCC. The summed E-state index contributed by atoms with van der Waals surface area (Å²) in [6.07, 6.45) is 88.1. The van der Waals surface area contributed by atoms with Gasteiger partial charge in [0, 0.05) is 12.8 Å². The molecule has 1 aliphatic heterocycles. The van der Waals surface area contributed by atoms with Crippen LogP contribution in [-0.4, -0.2) is 100 Å². The summed E-state index contributed by atoms with van der Waals surface area (Å²) in [5, 5.41) is 54.4. The first-order valence-corrected chi connectivity index (χ1v) is 40.2. The maximum atomic E-state index is 13.0. The molecule has 1 amide bonds. The summed E-state index contributed by atoms with van der Waals surface area (Å²) in [5.74, 6) is -0.187. The van der Waals surface area contributed by atoms with Crippen molar-refractivity contribution in [3.05, 3.63) is 72.9 Å². The number of carbonyl (C=O) groups is 2.